The quantitative estimate of drug-likeness (QED) is 0.384. The van der Waals surface area contributed by atoms with Crippen molar-refractivity contribution >= 4 is 34.0 Å². The van der Waals surface area contributed by atoms with Crippen molar-refractivity contribution in [1.29, 1.82) is 0 Å². The molecule has 0 saturated heterocycles. The third kappa shape index (κ3) is 5.15. The second kappa shape index (κ2) is 10.1. The van der Waals surface area contributed by atoms with Gasteiger partial charge in [-0.3, -0.25) is 9.59 Å². The van der Waals surface area contributed by atoms with Crippen LogP contribution < -0.4 is 19.7 Å². The molecule has 7 nitrogen and oxygen atoms in total. The van der Waals surface area contributed by atoms with Gasteiger partial charge in [-0.25, -0.2) is 4.98 Å². The number of nitrogens with zero attached hydrogens (tertiary/aromatic N) is 2. The monoisotopic (exact) mass is 449 g/mol. The minimum absolute atomic E-state index is 0.0173. The van der Waals surface area contributed by atoms with Gasteiger partial charge in [0.05, 0.1) is 18.0 Å². The summed E-state index contributed by atoms with van der Waals surface area (Å²) in [6.45, 7) is 4.62. The SMILES string of the molecule is C=CCN1C(=O)COc2ccc(-c3csc(NC(=O)CCCOc4ccccc4)n3)cc21. The molecule has 0 fully saturated rings. The number of carbonyl (C=O) groups is 2. The molecule has 2 heterocycles. The van der Waals surface area contributed by atoms with Crippen molar-refractivity contribution in [3.63, 3.8) is 0 Å². The minimum Gasteiger partial charge on any atom is -0.494 e. The van der Waals surface area contributed by atoms with Crippen LogP contribution >= 0.6 is 11.3 Å². The van der Waals surface area contributed by atoms with E-state index in [0.717, 1.165) is 17.0 Å². The molecular formula is C24H23N3O4S. The molecule has 0 atom stereocenters. The summed E-state index contributed by atoms with van der Waals surface area (Å²) in [5.74, 6) is 1.22. The lowest BCUT2D eigenvalue weighted by molar-refractivity contribution is -0.121. The summed E-state index contributed by atoms with van der Waals surface area (Å²) in [6.07, 6.45) is 2.63. The standard InChI is InChI=1S/C24H23N3O4S/c1-2-12-27-20-14-17(10-11-21(20)31-15-23(27)29)19-16-32-24(25-19)26-22(28)9-6-13-30-18-7-4-3-5-8-18/h2-5,7-8,10-11,14,16H,1,6,9,12-13,15H2,(H,25,26,28). The van der Waals surface area contributed by atoms with Crippen LogP contribution in [-0.4, -0.2) is 36.6 Å². The molecule has 1 aliphatic heterocycles. The van der Waals surface area contributed by atoms with E-state index in [4.69, 9.17) is 9.47 Å². The fourth-order valence-corrected chi connectivity index (χ4v) is 4.01. The van der Waals surface area contributed by atoms with Gasteiger partial charge < -0.3 is 19.7 Å². The molecule has 0 aliphatic carbocycles. The van der Waals surface area contributed by atoms with Gasteiger partial charge in [0.15, 0.2) is 11.7 Å². The van der Waals surface area contributed by atoms with Crippen LogP contribution in [0.5, 0.6) is 11.5 Å². The highest BCUT2D eigenvalue weighted by Gasteiger charge is 2.25. The Hall–Kier alpha value is -3.65. The molecule has 8 heteroatoms. The van der Waals surface area contributed by atoms with E-state index in [1.54, 1.807) is 11.0 Å². The van der Waals surface area contributed by atoms with E-state index in [1.165, 1.54) is 11.3 Å². The van der Waals surface area contributed by atoms with Crippen molar-refractivity contribution in [2.75, 3.05) is 30.0 Å². The van der Waals surface area contributed by atoms with Gasteiger partial charge in [0, 0.05) is 23.9 Å². The van der Waals surface area contributed by atoms with Crippen LogP contribution in [0.25, 0.3) is 11.3 Å². The van der Waals surface area contributed by atoms with Gasteiger partial charge >= 0.3 is 0 Å². The summed E-state index contributed by atoms with van der Waals surface area (Å²) in [4.78, 5) is 30.6. The van der Waals surface area contributed by atoms with Crippen LogP contribution in [-0.2, 0) is 9.59 Å². The Morgan fingerprint density at radius 3 is 2.94 bits per heavy atom. The molecular weight excluding hydrogens is 426 g/mol. The predicted octanol–water partition coefficient (Wildman–Crippen LogP) is 4.52. The van der Waals surface area contributed by atoms with Gasteiger partial charge in [-0.15, -0.1) is 17.9 Å². The van der Waals surface area contributed by atoms with Gasteiger partial charge in [0.25, 0.3) is 5.91 Å². The Bertz CT molecular complexity index is 1110. The lowest BCUT2D eigenvalue weighted by Gasteiger charge is -2.28. The van der Waals surface area contributed by atoms with Crippen molar-refractivity contribution in [2.45, 2.75) is 12.8 Å². The van der Waals surface area contributed by atoms with Crippen molar-refractivity contribution in [1.82, 2.24) is 4.98 Å². The van der Waals surface area contributed by atoms with Gasteiger partial charge in [-0.05, 0) is 36.8 Å². The number of fused-ring (bicyclic) bond motifs is 1. The Kier molecular flexibility index (Phi) is 6.81. The van der Waals surface area contributed by atoms with Crippen molar-refractivity contribution < 1.29 is 19.1 Å². The number of rotatable bonds is 9. The largest absolute Gasteiger partial charge is 0.494 e. The maximum Gasteiger partial charge on any atom is 0.265 e. The molecule has 32 heavy (non-hydrogen) atoms. The van der Waals surface area contributed by atoms with E-state index < -0.39 is 0 Å². The Morgan fingerprint density at radius 1 is 1.28 bits per heavy atom. The molecule has 0 radical (unpaired) electrons. The summed E-state index contributed by atoms with van der Waals surface area (Å²) in [6, 6.07) is 15.1. The fourth-order valence-electron chi connectivity index (χ4n) is 3.28. The van der Waals surface area contributed by atoms with Gasteiger partial charge in [0.2, 0.25) is 5.91 Å². The van der Waals surface area contributed by atoms with Crippen molar-refractivity contribution in [2.24, 2.45) is 0 Å². The van der Waals surface area contributed by atoms with Gasteiger partial charge in [-0.1, -0.05) is 24.3 Å². The van der Waals surface area contributed by atoms with E-state index >= 15 is 0 Å². The number of hydrogen-bond acceptors (Lipinski definition) is 6. The summed E-state index contributed by atoms with van der Waals surface area (Å²) in [5.41, 5.74) is 2.25. The molecule has 1 aromatic heterocycles. The number of carbonyl (C=O) groups excluding carboxylic acids is 2. The molecule has 4 rings (SSSR count). The number of amides is 2. The number of thiazole rings is 1. The number of nitrogens with one attached hydrogen (secondary N) is 1. The van der Waals surface area contributed by atoms with E-state index in [9.17, 15) is 9.59 Å². The van der Waals surface area contributed by atoms with Crippen LogP contribution in [0.3, 0.4) is 0 Å². The summed E-state index contributed by atoms with van der Waals surface area (Å²) >= 11 is 1.36. The first-order valence-corrected chi connectivity index (χ1v) is 11.1. The highest BCUT2D eigenvalue weighted by molar-refractivity contribution is 7.14. The number of anilines is 2. The average molecular weight is 450 g/mol. The topological polar surface area (TPSA) is 80.8 Å². The lowest BCUT2D eigenvalue weighted by atomic mass is 10.1. The average Bonchev–Trinajstić information content (AvgIpc) is 3.27. The molecule has 0 unspecified atom stereocenters. The third-order valence-electron chi connectivity index (χ3n) is 4.82. The van der Waals surface area contributed by atoms with Crippen LogP contribution in [0.15, 0.2) is 66.6 Å². The van der Waals surface area contributed by atoms with Crippen molar-refractivity contribution in [3.8, 4) is 22.8 Å². The first-order chi connectivity index (χ1) is 15.6. The molecule has 3 aromatic rings. The zero-order chi connectivity index (χ0) is 22.3. The van der Waals surface area contributed by atoms with Crippen LogP contribution in [0, 0.1) is 0 Å². The van der Waals surface area contributed by atoms with E-state index in [2.05, 4.69) is 16.9 Å². The summed E-state index contributed by atoms with van der Waals surface area (Å²) < 4.78 is 11.1. The zero-order valence-electron chi connectivity index (χ0n) is 17.5. The second-order valence-electron chi connectivity index (χ2n) is 7.12. The first kappa shape index (κ1) is 21.6. The fraction of sp³-hybridized carbons (Fsp3) is 0.208. The first-order valence-electron chi connectivity index (χ1n) is 10.3. The third-order valence-corrected chi connectivity index (χ3v) is 5.58. The lowest BCUT2D eigenvalue weighted by Crippen LogP contribution is -2.38. The molecule has 0 spiro atoms. The molecule has 0 bridgehead atoms. The Balaban J connectivity index is 1.35. The van der Waals surface area contributed by atoms with Gasteiger partial charge in [-0.2, -0.15) is 0 Å². The van der Waals surface area contributed by atoms with Crippen LogP contribution in [0.1, 0.15) is 12.8 Å². The molecule has 0 saturated carbocycles. The maximum absolute atomic E-state index is 12.2. The van der Waals surface area contributed by atoms with Gasteiger partial charge in [0.1, 0.15) is 11.5 Å². The van der Waals surface area contributed by atoms with E-state index in [-0.39, 0.29) is 18.4 Å². The van der Waals surface area contributed by atoms with E-state index in [1.807, 2.05) is 53.9 Å². The highest BCUT2D eigenvalue weighted by Crippen LogP contribution is 2.36. The number of hydrogen-bond donors (Lipinski definition) is 1. The molecule has 1 aliphatic rings. The predicted molar refractivity (Wildman–Crippen MR) is 125 cm³/mol. The van der Waals surface area contributed by atoms with Crippen molar-refractivity contribution in [3.05, 3.63) is 66.6 Å². The number of aromatic nitrogens is 1. The Labute approximate surface area is 190 Å². The maximum atomic E-state index is 12.2. The molecule has 2 aromatic carbocycles. The summed E-state index contributed by atoms with van der Waals surface area (Å²) in [5, 5.41) is 5.24. The van der Waals surface area contributed by atoms with Crippen LogP contribution in [0.4, 0.5) is 10.8 Å². The van der Waals surface area contributed by atoms with E-state index in [0.29, 0.717) is 42.6 Å². The molecule has 1 N–H and O–H groups in total. The smallest absolute Gasteiger partial charge is 0.265 e. The zero-order valence-corrected chi connectivity index (χ0v) is 18.3. The molecule has 164 valence electrons. The number of ether oxygens (including phenoxy) is 2. The normalized spacial score (nSPS) is 12.6. The summed E-state index contributed by atoms with van der Waals surface area (Å²) in [7, 11) is 0. The minimum atomic E-state index is -0.114. The molecule has 2 amide bonds. The number of benzene rings is 2. The highest BCUT2D eigenvalue weighted by atomic mass is 32.1. The number of para-hydroxylation sites is 1. The Morgan fingerprint density at radius 2 is 2.12 bits per heavy atom. The van der Waals surface area contributed by atoms with Crippen LogP contribution in [0.2, 0.25) is 0 Å². The second-order valence-corrected chi connectivity index (χ2v) is 7.97.